The number of hydrogen-bond acceptors (Lipinski definition) is 2. The predicted octanol–water partition coefficient (Wildman–Crippen LogP) is 1.54. The van der Waals surface area contributed by atoms with E-state index >= 15 is 0 Å². The average Bonchev–Trinajstić information content (AvgIpc) is 3.09. The summed E-state index contributed by atoms with van der Waals surface area (Å²) >= 11 is 0. The highest BCUT2D eigenvalue weighted by molar-refractivity contribution is 5.76. The number of carbonyl (C=O) groups excluding carboxylic acids is 1. The zero-order valence-electron chi connectivity index (χ0n) is 10.6. The number of urea groups is 1. The second-order valence-electron chi connectivity index (χ2n) is 4.61. The second-order valence-corrected chi connectivity index (χ2v) is 4.61. The first-order chi connectivity index (χ1) is 8.08. The Morgan fingerprint density at radius 1 is 1.41 bits per heavy atom. The van der Waals surface area contributed by atoms with Crippen molar-refractivity contribution in [3.05, 3.63) is 0 Å². The van der Waals surface area contributed by atoms with E-state index in [4.69, 9.17) is 5.11 Å². The summed E-state index contributed by atoms with van der Waals surface area (Å²) in [6, 6.07) is -0.140. The lowest BCUT2D eigenvalue weighted by atomic mass is 10.1. The van der Waals surface area contributed by atoms with Crippen LogP contribution in [0.2, 0.25) is 0 Å². The van der Waals surface area contributed by atoms with Crippen LogP contribution in [-0.4, -0.2) is 41.6 Å². The van der Waals surface area contributed by atoms with Gasteiger partial charge in [-0.25, -0.2) is 4.79 Å². The molecule has 0 heterocycles. The first-order valence-electron chi connectivity index (χ1n) is 6.34. The molecule has 0 bridgehead atoms. The van der Waals surface area contributed by atoms with Gasteiger partial charge in [0, 0.05) is 19.6 Å². The number of nitrogens with zero attached hydrogens (tertiary/aromatic N) is 1. The van der Waals surface area contributed by atoms with Crippen molar-refractivity contribution in [2.24, 2.45) is 11.8 Å². The van der Waals surface area contributed by atoms with Crippen molar-refractivity contribution in [1.29, 1.82) is 0 Å². The summed E-state index contributed by atoms with van der Waals surface area (Å²) in [5.41, 5.74) is 0. The summed E-state index contributed by atoms with van der Waals surface area (Å²) in [6.07, 6.45) is 2.94. The molecule has 1 fully saturated rings. The second kappa shape index (κ2) is 6.47. The molecule has 1 aliphatic rings. The predicted molar refractivity (Wildman–Crippen MR) is 64.8 cm³/mol. The molecule has 5 nitrogen and oxygen atoms in total. The quantitative estimate of drug-likeness (QED) is 0.711. The number of nitrogens with one attached hydrogen (secondary N) is 1. The van der Waals surface area contributed by atoms with Crippen LogP contribution in [0.3, 0.4) is 0 Å². The number of amides is 2. The van der Waals surface area contributed by atoms with Crippen LogP contribution in [0.4, 0.5) is 4.79 Å². The van der Waals surface area contributed by atoms with Crippen molar-refractivity contribution < 1.29 is 14.7 Å². The number of rotatable bonds is 7. The Kier molecular flexibility index (Phi) is 5.25. The van der Waals surface area contributed by atoms with Gasteiger partial charge in [-0.1, -0.05) is 6.92 Å². The fourth-order valence-corrected chi connectivity index (χ4v) is 1.70. The van der Waals surface area contributed by atoms with Gasteiger partial charge in [0.25, 0.3) is 0 Å². The maximum Gasteiger partial charge on any atom is 0.317 e. The standard InChI is InChI=1S/C12H22N2O3/c1-3-10(11(15)16)7-13-12(17)14(4-2)8-9-5-6-9/h9-10H,3-8H2,1-2H3,(H,13,17)(H,15,16). The van der Waals surface area contributed by atoms with Crippen LogP contribution in [0.5, 0.6) is 0 Å². The van der Waals surface area contributed by atoms with Crippen LogP contribution >= 0.6 is 0 Å². The van der Waals surface area contributed by atoms with Crippen molar-refractivity contribution in [1.82, 2.24) is 10.2 Å². The molecular weight excluding hydrogens is 220 g/mol. The minimum Gasteiger partial charge on any atom is -0.481 e. The summed E-state index contributed by atoms with van der Waals surface area (Å²) < 4.78 is 0. The summed E-state index contributed by atoms with van der Waals surface area (Å²) in [5, 5.41) is 11.6. The topological polar surface area (TPSA) is 69.6 Å². The van der Waals surface area contributed by atoms with Gasteiger partial charge in [0.15, 0.2) is 0 Å². The van der Waals surface area contributed by atoms with E-state index in [1.807, 2.05) is 13.8 Å². The number of carbonyl (C=O) groups is 2. The molecule has 0 aromatic carbocycles. The summed E-state index contributed by atoms with van der Waals surface area (Å²) in [6.45, 7) is 5.44. The van der Waals surface area contributed by atoms with E-state index in [1.54, 1.807) is 4.90 Å². The van der Waals surface area contributed by atoms with Gasteiger partial charge in [0.1, 0.15) is 0 Å². The van der Waals surface area contributed by atoms with E-state index in [2.05, 4.69) is 5.32 Å². The van der Waals surface area contributed by atoms with Gasteiger partial charge >= 0.3 is 12.0 Å². The third-order valence-corrected chi connectivity index (χ3v) is 3.19. The molecule has 0 aromatic rings. The van der Waals surface area contributed by atoms with Crippen molar-refractivity contribution >= 4 is 12.0 Å². The van der Waals surface area contributed by atoms with Gasteiger partial charge in [0.2, 0.25) is 0 Å². The summed E-state index contributed by atoms with van der Waals surface area (Å²) in [5.74, 6) is -0.682. The molecule has 0 radical (unpaired) electrons. The van der Waals surface area contributed by atoms with Gasteiger partial charge in [-0.3, -0.25) is 4.79 Å². The third-order valence-electron chi connectivity index (χ3n) is 3.19. The Morgan fingerprint density at radius 3 is 2.47 bits per heavy atom. The van der Waals surface area contributed by atoms with Crippen molar-refractivity contribution in [2.75, 3.05) is 19.6 Å². The van der Waals surface area contributed by atoms with E-state index in [1.165, 1.54) is 12.8 Å². The fourth-order valence-electron chi connectivity index (χ4n) is 1.70. The van der Waals surface area contributed by atoms with Crippen LogP contribution in [0.1, 0.15) is 33.1 Å². The number of carboxylic acid groups (broad SMARTS) is 1. The zero-order valence-corrected chi connectivity index (χ0v) is 10.6. The maximum absolute atomic E-state index is 11.8. The molecule has 1 aliphatic carbocycles. The van der Waals surface area contributed by atoms with Crippen LogP contribution < -0.4 is 5.32 Å². The lowest BCUT2D eigenvalue weighted by Crippen LogP contribution is -2.43. The molecule has 5 heteroatoms. The lowest BCUT2D eigenvalue weighted by molar-refractivity contribution is -0.141. The number of hydrogen-bond donors (Lipinski definition) is 2. The SMILES string of the molecule is CCC(CNC(=O)N(CC)CC1CC1)C(=O)O. The van der Waals surface area contributed by atoms with Gasteiger partial charge in [-0.2, -0.15) is 0 Å². The minimum atomic E-state index is -0.849. The van der Waals surface area contributed by atoms with E-state index < -0.39 is 11.9 Å². The van der Waals surface area contributed by atoms with Crippen molar-refractivity contribution in [3.63, 3.8) is 0 Å². The number of aliphatic carboxylic acids is 1. The average molecular weight is 242 g/mol. The van der Waals surface area contributed by atoms with E-state index in [9.17, 15) is 9.59 Å². The molecule has 1 rings (SSSR count). The molecule has 1 saturated carbocycles. The normalized spacial score (nSPS) is 16.4. The monoisotopic (exact) mass is 242 g/mol. The Balaban J connectivity index is 2.32. The van der Waals surface area contributed by atoms with Crippen molar-refractivity contribution in [3.8, 4) is 0 Å². The Labute approximate surface area is 102 Å². The van der Waals surface area contributed by atoms with Crippen LogP contribution in [-0.2, 0) is 4.79 Å². The van der Waals surface area contributed by atoms with Crippen molar-refractivity contribution in [2.45, 2.75) is 33.1 Å². The first-order valence-corrected chi connectivity index (χ1v) is 6.34. The highest BCUT2D eigenvalue weighted by Gasteiger charge is 2.26. The van der Waals surface area contributed by atoms with Crippen LogP contribution in [0, 0.1) is 11.8 Å². The lowest BCUT2D eigenvalue weighted by Gasteiger charge is -2.22. The molecule has 17 heavy (non-hydrogen) atoms. The third kappa shape index (κ3) is 4.63. The molecule has 0 saturated heterocycles. The largest absolute Gasteiger partial charge is 0.481 e. The van der Waals surface area contributed by atoms with Gasteiger partial charge < -0.3 is 15.3 Å². The molecule has 1 unspecified atom stereocenters. The molecule has 0 aromatic heterocycles. The van der Waals surface area contributed by atoms with Gasteiger partial charge in [-0.15, -0.1) is 0 Å². The highest BCUT2D eigenvalue weighted by Crippen LogP contribution is 2.29. The Morgan fingerprint density at radius 2 is 2.06 bits per heavy atom. The molecule has 0 aliphatic heterocycles. The smallest absolute Gasteiger partial charge is 0.317 e. The molecule has 98 valence electrons. The van der Waals surface area contributed by atoms with Crippen LogP contribution in [0.15, 0.2) is 0 Å². The van der Waals surface area contributed by atoms with E-state index in [-0.39, 0.29) is 12.6 Å². The number of carboxylic acids is 1. The van der Waals surface area contributed by atoms with Crippen LogP contribution in [0.25, 0.3) is 0 Å². The molecular formula is C12H22N2O3. The zero-order chi connectivity index (χ0) is 12.8. The molecule has 2 amide bonds. The van der Waals surface area contributed by atoms with E-state index in [0.717, 1.165) is 6.54 Å². The molecule has 1 atom stereocenters. The van der Waals surface area contributed by atoms with E-state index in [0.29, 0.717) is 18.9 Å². The summed E-state index contributed by atoms with van der Waals surface area (Å²) in [4.78, 5) is 24.4. The Bertz CT molecular complexity index is 277. The Hall–Kier alpha value is -1.26. The molecule has 2 N–H and O–H groups in total. The summed E-state index contributed by atoms with van der Waals surface area (Å²) in [7, 11) is 0. The van der Waals surface area contributed by atoms with Gasteiger partial charge in [-0.05, 0) is 32.1 Å². The van der Waals surface area contributed by atoms with Gasteiger partial charge in [0.05, 0.1) is 5.92 Å². The maximum atomic E-state index is 11.8. The highest BCUT2D eigenvalue weighted by atomic mass is 16.4. The fraction of sp³-hybridized carbons (Fsp3) is 0.833. The first kappa shape index (κ1) is 13.8. The molecule has 0 spiro atoms. The minimum absolute atomic E-state index is 0.140.